The van der Waals surface area contributed by atoms with Gasteiger partial charge in [0.05, 0.1) is 6.04 Å². The number of ether oxygens (including phenoxy) is 1. The van der Waals surface area contributed by atoms with Crippen molar-refractivity contribution >= 4 is 16.7 Å². The largest absolute Gasteiger partial charge is 0.484 e. The lowest BCUT2D eigenvalue weighted by Crippen LogP contribution is -2.34. The number of carbonyl (C=O) groups is 1. The molecule has 1 heterocycles. The van der Waals surface area contributed by atoms with E-state index in [-0.39, 0.29) is 18.6 Å². The lowest BCUT2D eigenvalue weighted by Gasteiger charge is -2.25. The summed E-state index contributed by atoms with van der Waals surface area (Å²) in [4.78, 5) is 21.1. The molecule has 1 aliphatic carbocycles. The molecular formula is C21H21N3O2. The maximum absolute atomic E-state index is 12.3. The van der Waals surface area contributed by atoms with Gasteiger partial charge in [0.15, 0.2) is 6.61 Å². The molecular weight excluding hydrogens is 326 g/mol. The third-order valence-corrected chi connectivity index (χ3v) is 4.73. The van der Waals surface area contributed by atoms with Crippen LogP contribution in [0, 0.1) is 6.92 Å². The fourth-order valence-electron chi connectivity index (χ4n) is 3.44. The third kappa shape index (κ3) is 3.52. The van der Waals surface area contributed by atoms with Crippen molar-refractivity contribution in [2.24, 2.45) is 0 Å². The first kappa shape index (κ1) is 16.5. The zero-order chi connectivity index (χ0) is 17.9. The van der Waals surface area contributed by atoms with Crippen LogP contribution in [-0.4, -0.2) is 22.5 Å². The number of carbonyl (C=O) groups excluding carboxylic acids is 1. The molecule has 1 N–H and O–H groups in total. The average molecular weight is 347 g/mol. The number of nitrogens with zero attached hydrogens (tertiary/aromatic N) is 2. The molecule has 5 nitrogen and oxygen atoms in total. The number of aryl methyl sites for hydroxylation is 2. The molecule has 2 aromatic carbocycles. The van der Waals surface area contributed by atoms with Crippen LogP contribution >= 0.6 is 0 Å². The van der Waals surface area contributed by atoms with Crippen LogP contribution in [0.3, 0.4) is 0 Å². The Morgan fingerprint density at radius 2 is 2.08 bits per heavy atom. The van der Waals surface area contributed by atoms with Crippen LogP contribution in [0.4, 0.5) is 0 Å². The molecule has 0 unspecified atom stereocenters. The minimum atomic E-state index is -0.128. The van der Waals surface area contributed by atoms with Crippen molar-refractivity contribution in [1.82, 2.24) is 15.3 Å². The fourth-order valence-corrected chi connectivity index (χ4v) is 3.44. The van der Waals surface area contributed by atoms with Gasteiger partial charge < -0.3 is 10.1 Å². The number of amides is 1. The molecule has 4 rings (SSSR count). The van der Waals surface area contributed by atoms with E-state index >= 15 is 0 Å². The van der Waals surface area contributed by atoms with Gasteiger partial charge in [-0.3, -0.25) is 4.79 Å². The minimum absolute atomic E-state index is 0.00308. The number of hydrogen-bond acceptors (Lipinski definition) is 4. The van der Waals surface area contributed by atoms with Gasteiger partial charge in [0.2, 0.25) is 0 Å². The molecule has 5 heteroatoms. The van der Waals surface area contributed by atoms with Crippen molar-refractivity contribution in [1.29, 1.82) is 0 Å². The molecule has 0 aliphatic heterocycles. The van der Waals surface area contributed by atoms with Crippen molar-refractivity contribution in [2.45, 2.75) is 32.2 Å². The maximum Gasteiger partial charge on any atom is 0.258 e. The summed E-state index contributed by atoms with van der Waals surface area (Å²) in [5.74, 6) is 1.34. The fraction of sp³-hybridized carbons (Fsp3) is 0.286. The highest BCUT2D eigenvalue weighted by atomic mass is 16.5. The molecule has 0 spiro atoms. The Labute approximate surface area is 152 Å². The van der Waals surface area contributed by atoms with E-state index in [0.29, 0.717) is 5.75 Å². The van der Waals surface area contributed by atoms with Crippen LogP contribution < -0.4 is 10.1 Å². The first-order chi connectivity index (χ1) is 12.7. The first-order valence-corrected chi connectivity index (χ1v) is 8.92. The highest BCUT2D eigenvalue weighted by Crippen LogP contribution is 2.28. The molecule has 1 atom stereocenters. The summed E-state index contributed by atoms with van der Waals surface area (Å²) >= 11 is 0. The minimum Gasteiger partial charge on any atom is -0.484 e. The van der Waals surface area contributed by atoms with E-state index in [2.05, 4.69) is 21.4 Å². The van der Waals surface area contributed by atoms with Crippen LogP contribution in [0.2, 0.25) is 0 Å². The Hall–Kier alpha value is -2.95. The average Bonchev–Trinajstić information content (AvgIpc) is 2.66. The Morgan fingerprint density at radius 3 is 2.96 bits per heavy atom. The molecule has 0 saturated heterocycles. The van der Waals surface area contributed by atoms with Gasteiger partial charge in [0.25, 0.3) is 5.91 Å². The highest BCUT2D eigenvalue weighted by molar-refractivity contribution is 5.84. The van der Waals surface area contributed by atoms with Gasteiger partial charge in [-0.2, -0.15) is 0 Å². The van der Waals surface area contributed by atoms with Gasteiger partial charge in [-0.1, -0.05) is 30.3 Å². The van der Waals surface area contributed by atoms with Gasteiger partial charge in [0.1, 0.15) is 11.6 Å². The molecule has 1 aliphatic rings. The maximum atomic E-state index is 12.3. The molecule has 0 saturated carbocycles. The summed E-state index contributed by atoms with van der Waals surface area (Å²) in [6.07, 6.45) is 4.70. The Kier molecular flexibility index (Phi) is 4.52. The van der Waals surface area contributed by atoms with Crippen molar-refractivity contribution < 1.29 is 9.53 Å². The molecule has 26 heavy (non-hydrogen) atoms. The quantitative estimate of drug-likeness (QED) is 0.784. The summed E-state index contributed by atoms with van der Waals surface area (Å²) in [5.41, 5.74) is 2.07. The van der Waals surface area contributed by atoms with Gasteiger partial charge >= 0.3 is 0 Å². The molecule has 1 aromatic heterocycles. The van der Waals surface area contributed by atoms with Gasteiger partial charge in [-0.15, -0.1) is 0 Å². The van der Waals surface area contributed by atoms with E-state index in [0.717, 1.165) is 47.1 Å². The Bertz CT molecular complexity index is 955. The van der Waals surface area contributed by atoms with Crippen LogP contribution in [0.15, 0.2) is 48.7 Å². The summed E-state index contributed by atoms with van der Waals surface area (Å²) in [5, 5.41) is 5.31. The lowest BCUT2D eigenvalue weighted by molar-refractivity contribution is -0.123. The molecule has 0 radical (unpaired) electrons. The Balaban J connectivity index is 1.40. The number of hydrogen-bond donors (Lipinski definition) is 1. The smallest absolute Gasteiger partial charge is 0.258 e. The normalized spacial score (nSPS) is 16.1. The summed E-state index contributed by atoms with van der Waals surface area (Å²) in [7, 11) is 0. The third-order valence-electron chi connectivity index (χ3n) is 4.73. The summed E-state index contributed by atoms with van der Waals surface area (Å²) in [6.45, 7) is 1.89. The zero-order valence-electron chi connectivity index (χ0n) is 14.7. The van der Waals surface area contributed by atoms with E-state index in [1.807, 2.05) is 49.5 Å². The highest BCUT2D eigenvalue weighted by Gasteiger charge is 2.23. The van der Waals surface area contributed by atoms with Crippen molar-refractivity contribution in [3.8, 4) is 5.75 Å². The topological polar surface area (TPSA) is 64.1 Å². The molecule has 3 aromatic rings. The van der Waals surface area contributed by atoms with E-state index in [1.165, 1.54) is 0 Å². The van der Waals surface area contributed by atoms with E-state index in [1.54, 1.807) is 0 Å². The molecule has 0 fully saturated rings. The molecule has 1 amide bonds. The SMILES string of the molecule is Cc1ncc2c(n1)CCC[C@H]2NC(=O)COc1ccc2ccccc2c1. The number of rotatable bonds is 4. The second-order valence-electron chi connectivity index (χ2n) is 6.63. The summed E-state index contributed by atoms with van der Waals surface area (Å²) < 4.78 is 5.68. The molecule has 132 valence electrons. The van der Waals surface area contributed by atoms with Gasteiger partial charge in [-0.05, 0) is 49.1 Å². The van der Waals surface area contributed by atoms with Crippen LogP contribution in [-0.2, 0) is 11.2 Å². The van der Waals surface area contributed by atoms with Crippen molar-refractivity contribution in [2.75, 3.05) is 6.61 Å². The Morgan fingerprint density at radius 1 is 1.23 bits per heavy atom. The summed E-state index contributed by atoms with van der Waals surface area (Å²) in [6, 6.07) is 13.9. The van der Waals surface area contributed by atoms with E-state index in [9.17, 15) is 4.79 Å². The second-order valence-corrected chi connectivity index (χ2v) is 6.63. The van der Waals surface area contributed by atoms with E-state index < -0.39 is 0 Å². The monoisotopic (exact) mass is 347 g/mol. The van der Waals surface area contributed by atoms with Crippen LogP contribution in [0.25, 0.3) is 10.8 Å². The lowest BCUT2D eigenvalue weighted by atomic mass is 9.92. The van der Waals surface area contributed by atoms with Gasteiger partial charge in [0, 0.05) is 17.5 Å². The number of fused-ring (bicyclic) bond motifs is 2. The van der Waals surface area contributed by atoms with Gasteiger partial charge in [-0.25, -0.2) is 9.97 Å². The number of benzene rings is 2. The predicted octanol–water partition coefficient (Wildman–Crippen LogP) is 3.51. The standard InChI is InChI=1S/C21H21N3O2/c1-14-22-12-18-19(23-14)7-4-8-20(18)24-21(25)13-26-17-10-9-15-5-2-3-6-16(15)11-17/h2-3,5-6,9-12,20H,4,7-8,13H2,1H3,(H,24,25)/t20-/m1/s1. The first-order valence-electron chi connectivity index (χ1n) is 8.92. The van der Waals surface area contributed by atoms with Crippen molar-refractivity contribution in [3.05, 3.63) is 65.7 Å². The van der Waals surface area contributed by atoms with E-state index in [4.69, 9.17) is 4.74 Å². The molecule has 0 bridgehead atoms. The predicted molar refractivity (Wildman–Crippen MR) is 100 cm³/mol. The number of nitrogens with one attached hydrogen (secondary N) is 1. The zero-order valence-corrected chi connectivity index (χ0v) is 14.7. The van der Waals surface area contributed by atoms with Crippen molar-refractivity contribution in [3.63, 3.8) is 0 Å². The second kappa shape index (κ2) is 7.12. The van der Waals surface area contributed by atoms with Crippen LogP contribution in [0.1, 0.15) is 36.0 Å². The number of aromatic nitrogens is 2. The van der Waals surface area contributed by atoms with Crippen LogP contribution in [0.5, 0.6) is 5.75 Å².